The minimum atomic E-state index is -4.35. The van der Waals surface area contributed by atoms with Crippen LogP contribution in [0.3, 0.4) is 0 Å². The highest BCUT2D eigenvalue weighted by atomic mass is 32.2. The Balaban J connectivity index is 2.04. The van der Waals surface area contributed by atoms with Gasteiger partial charge in [-0.2, -0.15) is 18.4 Å². The molecule has 0 atom stereocenters. The second-order valence-electron chi connectivity index (χ2n) is 4.22. The normalized spacial score (nSPS) is 10.8. The monoisotopic (exact) mass is 322 g/mol. The lowest BCUT2D eigenvalue weighted by Crippen LogP contribution is -2.11. The lowest BCUT2D eigenvalue weighted by atomic mass is 10.2. The third kappa shape index (κ3) is 4.53. The molecule has 0 aromatic heterocycles. The van der Waals surface area contributed by atoms with Crippen molar-refractivity contribution in [1.82, 2.24) is 0 Å². The van der Waals surface area contributed by atoms with Gasteiger partial charge in [0.05, 0.1) is 11.6 Å². The summed E-state index contributed by atoms with van der Waals surface area (Å²) < 4.78 is 36.6. The van der Waals surface area contributed by atoms with Crippen LogP contribution >= 0.6 is 11.8 Å². The Hall–Kier alpha value is -2.46. The molecule has 3 nitrogen and oxygen atoms in total. The van der Waals surface area contributed by atoms with Gasteiger partial charge in [-0.1, -0.05) is 0 Å². The van der Waals surface area contributed by atoms with Crippen molar-refractivity contribution in [3.63, 3.8) is 0 Å². The van der Waals surface area contributed by atoms with Gasteiger partial charge in [-0.05, 0) is 60.3 Å². The van der Waals surface area contributed by atoms with Crippen LogP contribution in [-0.2, 0) is 0 Å². The van der Waals surface area contributed by atoms with Gasteiger partial charge in [0, 0.05) is 16.1 Å². The van der Waals surface area contributed by atoms with Crippen LogP contribution in [0.5, 0.6) is 0 Å². The van der Waals surface area contributed by atoms with Crippen molar-refractivity contribution in [3.8, 4) is 6.07 Å². The van der Waals surface area contributed by atoms with E-state index in [0.717, 1.165) is 0 Å². The number of halogens is 3. The molecule has 7 heteroatoms. The van der Waals surface area contributed by atoms with Gasteiger partial charge in [0.2, 0.25) is 0 Å². The molecule has 0 unspecified atom stereocenters. The van der Waals surface area contributed by atoms with Crippen molar-refractivity contribution < 1.29 is 18.0 Å². The molecule has 1 amide bonds. The third-order valence-electron chi connectivity index (χ3n) is 2.62. The van der Waals surface area contributed by atoms with Gasteiger partial charge >= 0.3 is 5.51 Å². The van der Waals surface area contributed by atoms with E-state index >= 15 is 0 Å². The Morgan fingerprint density at radius 1 is 1.05 bits per heavy atom. The van der Waals surface area contributed by atoms with Gasteiger partial charge in [-0.3, -0.25) is 4.79 Å². The van der Waals surface area contributed by atoms with E-state index in [1.165, 1.54) is 24.3 Å². The zero-order chi connectivity index (χ0) is 16.2. The molecular formula is C15H9F3N2OS. The van der Waals surface area contributed by atoms with Crippen LogP contribution in [-0.4, -0.2) is 11.4 Å². The number of hydrogen-bond acceptors (Lipinski definition) is 3. The topological polar surface area (TPSA) is 52.9 Å². The number of rotatable bonds is 3. The average Bonchev–Trinajstić information content (AvgIpc) is 2.47. The summed E-state index contributed by atoms with van der Waals surface area (Å²) in [5.41, 5.74) is -3.15. The standard InChI is InChI=1S/C15H9F3N2OS/c16-15(17,18)22-13-7-3-11(4-8-13)14(21)20-12-5-1-10(9-19)2-6-12/h1-8H,(H,20,21). The molecule has 0 saturated heterocycles. The van der Waals surface area contributed by atoms with Crippen LogP contribution < -0.4 is 5.32 Å². The van der Waals surface area contributed by atoms with Crippen LogP contribution in [0.15, 0.2) is 53.4 Å². The molecular weight excluding hydrogens is 313 g/mol. The molecule has 22 heavy (non-hydrogen) atoms. The summed E-state index contributed by atoms with van der Waals surface area (Å²) in [6.07, 6.45) is 0. The Labute approximate surface area is 128 Å². The summed E-state index contributed by atoms with van der Waals surface area (Å²) >= 11 is -0.233. The minimum absolute atomic E-state index is 0.0161. The van der Waals surface area contributed by atoms with E-state index in [1.54, 1.807) is 24.3 Å². The molecule has 2 aromatic carbocycles. The summed E-state index contributed by atoms with van der Waals surface area (Å²) in [7, 11) is 0. The number of anilines is 1. The quantitative estimate of drug-likeness (QED) is 0.851. The summed E-state index contributed by atoms with van der Waals surface area (Å²) in [6.45, 7) is 0. The molecule has 0 aliphatic rings. The molecule has 0 fully saturated rings. The molecule has 0 aliphatic heterocycles. The first-order valence-electron chi connectivity index (χ1n) is 6.05. The predicted octanol–water partition coefficient (Wildman–Crippen LogP) is 4.42. The van der Waals surface area contributed by atoms with Crippen molar-refractivity contribution in [2.45, 2.75) is 10.4 Å². The fourth-order valence-electron chi connectivity index (χ4n) is 1.64. The van der Waals surface area contributed by atoms with Crippen LogP contribution in [0, 0.1) is 11.3 Å². The smallest absolute Gasteiger partial charge is 0.322 e. The van der Waals surface area contributed by atoms with Crippen LogP contribution in [0.2, 0.25) is 0 Å². The fourth-order valence-corrected chi connectivity index (χ4v) is 2.18. The maximum atomic E-state index is 12.2. The highest BCUT2D eigenvalue weighted by Gasteiger charge is 2.29. The Morgan fingerprint density at radius 3 is 2.14 bits per heavy atom. The number of thioether (sulfide) groups is 1. The molecule has 0 radical (unpaired) electrons. The number of nitriles is 1. The number of amides is 1. The maximum Gasteiger partial charge on any atom is 0.446 e. The number of nitrogens with one attached hydrogen (secondary N) is 1. The lowest BCUT2D eigenvalue weighted by Gasteiger charge is -2.07. The van der Waals surface area contributed by atoms with E-state index in [1.807, 2.05) is 6.07 Å². The number of benzene rings is 2. The molecule has 112 valence electrons. The highest BCUT2D eigenvalue weighted by Crippen LogP contribution is 2.36. The van der Waals surface area contributed by atoms with Gasteiger partial charge < -0.3 is 5.32 Å². The maximum absolute atomic E-state index is 12.2. The first-order chi connectivity index (χ1) is 10.4. The Morgan fingerprint density at radius 2 is 1.64 bits per heavy atom. The lowest BCUT2D eigenvalue weighted by molar-refractivity contribution is -0.0328. The summed E-state index contributed by atoms with van der Waals surface area (Å²) in [5, 5.41) is 11.3. The fraction of sp³-hybridized carbons (Fsp3) is 0.0667. The van der Waals surface area contributed by atoms with Gasteiger partial charge in [-0.15, -0.1) is 0 Å². The number of hydrogen-bond donors (Lipinski definition) is 1. The van der Waals surface area contributed by atoms with E-state index in [0.29, 0.717) is 11.3 Å². The molecule has 0 heterocycles. The Kier molecular flexibility index (Phi) is 4.73. The average molecular weight is 322 g/mol. The van der Waals surface area contributed by atoms with E-state index < -0.39 is 11.4 Å². The Bertz CT molecular complexity index is 704. The SMILES string of the molecule is N#Cc1ccc(NC(=O)c2ccc(SC(F)(F)F)cc2)cc1. The van der Waals surface area contributed by atoms with Crippen LogP contribution in [0.1, 0.15) is 15.9 Å². The molecule has 0 spiro atoms. The first-order valence-corrected chi connectivity index (χ1v) is 6.86. The molecule has 2 aromatic rings. The van der Waals surface area contributed by atoms with E-state index in [-0.39, 0.29) is 22.2 Å². The van der Waals surface area contributed by atoms with Gasteiger partial charge in [-0.25, -0.2) is 0 Å². The van der Waals surface area contributed by atoms with E-state index in [2.05, 4.69) is 5.32 Å². The zero-order valence-corrected chi connectivity index (χ0v) is 11.8. The highest BCUT2D eigenvalue weighted by molar-refractivity contribution is 8.00. The van der Waals surface area contributed by atoms with Gasteiger partial charge in [0.1, 0.15) is 0 Å². The molecule has 0 bridgehead atoms. The molecule has 2 rings (SSSR count). The number of alkyl halides is 3. The van der Waals surface area contributed by atoms with Crippen LogP contribution in [0.25, 0.3) is 0 Å². The largest absolute Gasteiger partial charge is 0.446 e. The van der Waals surface area contributed by atoms with Crippen molar-refractivity contribution in [2.75, 3.05) is 5.32 Å². The zero-order valence-electron chi connectivity index (χ0n) is 11.0. The number of carbonyl (C=O) groups excluding carboxylic acids is 1. The number of carbonyl (C=O) groups is 1. The summed E-state index contributed by atoms with van der Waals surface area (Å²) in [4.78, 5) is 12.0. The van der Waals surface area contributed by atoms with Crippen molar-refractivity contribution >= 4 is 23.4 Å². The predicted molar refractivity (Wildman–Crippen MR) is 77.5 cm³/mol. The molecule has 0 saturated carbocycles. The minimum Gasteiger partial charge on any atom is -0.322 e. The van der Waals surface area contributed by atoms with E-state index in [4.69, 9.17) is 5.26 Å². The molecule has 0 aliphatic carbocycles. The summed E-state index contributed by atoms with van der Waals surface area (Å²) in [6, 6.07) is 13.3. The van der Waals surface area contributed by atoms with E-state index in [9.17, 15) is 18.0 Å². The summed E-state index contributed by atoms with van der Waals surface area (Å²) in [5.74, 6) is -0.437. The second-order valence-corrected chi connectivity index (χ2v) is 5.35. The van der Waals surface area contributed by atoms with Crippen molar-refractivity contribution in [2.24, 2.45) is 0 Å². The third-order valence-corrected chi connectivity index (χ3v) is 3.36. The van der Waals surface area contributed by atoms with Gasteiger partial charge in [0.15, 0.2) is 0 Å². The second kappa shape index (κ2) is 6.54. The molecule has 1 N–H and O–H groups in total. The van der Waals surface area contributed by atoms with Crippen molar-refractivity contribution in [3.05, 3.63) is 59.7 Å². The van der Waals surface area contributed by atoms with Crippen molar-refractivity contribution in [1.29, 1.82) is 5.26 Å². The van der Waals surface area contributed by atoms with Gasteiger partial charge in [0.25, 0.3) is 5.91 Å². The van der Waals surface area contributed by atoms with Crippen LogP contribution in [0.4, 0.5) is 18.9 Å². The first kappa shape index (κ1) is 15.9. The number of nitrogens with zero attached hydrogens (tertiary/aromatic N) is 1.